The Bertz CT molecular complexity index is 414. The molecule has 1 saturated heterocycles. The summed E-state index contributed by atoms with van der Waals surface area (Å²) >= 11 is 0. The van der Waals surface area contributed by atoms with Crippen molar-refractivity contribution in [3.05, 3.63) is 34.4 Å². The van der Waals surface area contributed by atoms with Gasteiger partial charge in [-0.05, 0) is 43.9 Å². The molecule has 0 aliphatic carbocycles. The van der Waals surface area contributed by atoms with Gasteiger partial charge in [0.05, 0.1) is 0 Å². The number of benzene rings is 1. The molecular weight excluding hydrogens is 210 g/mol. The number of aryl methyl sites for hydroxylation is 3. The molecule has 2 heteroatoms. The summed E-state index contributed by atoms with van der Waals surface area (Å²) in [6, 6.07) is 4.79. The molecule has 1 atom stereocenters. The van der Waals surface area contributed by atoms with Crippen LogP contribution >= 0.6 is 0 Å². The summed E-state index contributed by atoms with van der Waals surface area (Å²) in [6.07, 6.45) is 2.36. The molecule has 1 aliphatic rings. The lowest BCUT2D eigenvalue weighted by molar-refractivity contribution is -0.120. The van der Waals surface area contributed by atoms with Crippen molar-refractivity contribution < 1.29 is 4.79 Å². The van der Waals surface area contributed by atoms with Crippen LogP contribution in [-0.2, 0) is 11.2 Å². The molecule has 1 unspecified atom stereocenters. The predicted molar refractivity (Wildman–Crippen MR) is 70.4 cm³/mol. The van der Waals surface area contributed by atoms with Gasteiger partial charge in [0, 0.05) is 25.4 Å². The number of carbonyl (C=O) groups excluding carboxylic acids is 1. The van der Waals surface area contributed by atoms with E-state index in [1.807, 2.05) is 0 Å². The van der Waals surface area contributed by atoms with E-state index in [-0.39, 0.29) is 0 Å². The van der Waals surface area contributed by atoms with E-state index in [0.717, 1.165) is 13.0 Å². The van der Waals surface area contributed by atoms with E-state index in [1.54, 1.807) is 0 Å². The monoisotopic (exact) mass is 231 g/mol. The first-order valence-electron chi connectivity index (χ1n) is 6.38. The first kappa shape index (κ1) is 12.3. The van der Waals surface area contributed by atoms with E-state index in [4.69, 9.17) is 0 Å². The van der Waals surface area contributed by atoms with E-state index < -0.39 is 0 Å². The highest BCUT2D eigenvalue weighted by Gasteiger charge is 2.20. The van der Waals surface area contributed by atoms with Crippen molar-refractivity contribution in [1.82, 2.24) is 5.32 Å². The van der Waals surface area contributed by atoms with Crippen molar-refractivity contribution >= 4 is 5.78 Å². The first-order valence-corrected chi connectivity index (χ1v) is 6.38. The minimum Gasteiger partial charge on any atom is -0.313 e. The minimum atomic E-state index is 0.330. The maximum Gasteiger partial charge on any atom is 0.135 e. The van der Waals surface area contributed by atoms with E-state index in [9.17, 15) is 4.79 Å². The molecule has 1 fully saturated rings. The number of rotatable bonds is 2. The largest absolute Gasteiger partial charge is 0.313 e. The molecule has 2 rings (SSSR count). The van der Waals surface area contributed by atoms with Crippen LogP contribution in [0.3, 0.4) is 0 Å². The van der Waals surface area contributed by atoms with Gasteiger partial charge in [0.15, 0.2) is 0 Å². The van der Waals surface area contributed by atoms with E-state index >= 15 is 0 Å². The van der Waals surface area contributed by atoms with E-state index in [0.29, 0.717) is 24.7 Å². The molecule has 1 aromatic carbocycles. The molecule has 0 spiro atoms. The first-order chi connectivity index (χ1) is 8.06. The Balaban J connectivity index is 2.15. The number of carbonyl (C=O) groups is 1. The summed E-state index contributed by atoms with van der Waals surface area (Å²) in [5.74, 6) is 0.399. The maximum atomic E-state index is 11.4. The summed E-state index contributed by atoms with van der Waals surface area (Å²) in [6.45, 7) is 7.31. The average molecular weight is 231 g/mol. The zero-order valence-electron chi connectivity index (χ0n) is 11.0. The topological polar surface area (TPSA) is 29.1 Å². The highest BCUT2D eigenvalue weighted by atomic mass is 16.1. The second-order valence-electron chi connectivity index (χ2n) is 5.23. The summed E-state index contributed by atoms with van der Waals surface area (Å²) < 4.78 is 0. The highest BCUT2D eigenvalue weighted by molar-refractivity contribution is 5.80. The quantitative estimate of drug-likeness (QED) is 0.847. The molecule has 1 N–H and O–H groups in total. The van der Waals surface area contributed by atoms with E-state index in [2.05, 4.69) is 38.2 Å². The molecule has 0 saturated carbocycles. The zero-order chi connectivity index (χ0) is 12.4. The summed E-state index contributed by atoms with van der Waals surface area (Å²) in [4.78, 5) is 11.4. The normalized spacial score (nSPS) is 20.6. The highest BCUT2D eigenvalue weighted by Crippen LogP contribution is 2.20. The lowest BCUT2D eigenvalue weighted by atomic mass is 9.91. The maximum absolute atomic E-state index is 11.4. The Labute approximate surface area is 103 Å². The van der Waals surface area contributed by atoms with Crippen LogP contribution in [0.1, 0.15) is 35.1 Å². The van der Waals surface area contributed by atoms with Gasteiger partial charge in [0.2, 0.25) is 0 Å². The lowest BCUT2D eigenvalue weighted by Gasteiger charge is -2.24. The van der Waals surface area contributed by atoms with Gasteiger partial charge in [-0.25, -0.2) is 0 Å². The van der Waals surface area contributed by atoms with Crippen LogP contribution in [0, 0.1) is 20.8 Å². The van der Waals surface area contributed by atoms with Gasteiger partial charge < -0.3 is 5.32 Å². The van der Waals surface area contributed by atoms with Gasteiger partial charge in [-0.15, -0.1) is 0 Å². The Morgan fingerprint density at radius 1 is 1.24 bits per heavy atom. The van der Waals surface area contributed by atoms with Gasteiger partial charge in [0.25, 0.3) is 0 Å². The minimum absolute atomic E-state index is 0.330. The Hall–Kier alpha value is -1.15. The number of hydrogen-bond donors (Lipinski definition) is 1. The smallest absolute Gasteiger partial charge is 0.135 e. The van der Waals surface area contributed by atoms with Gasteiger partial charge in [0.1, 0.15) is 5.78 Å². The molecule has 0 amide bonds. The zero-order valence-corrected chi connectivity index (χ0v) is 11.0. The number of hydrogen-bond acceptors (Lipinski definition) is 2. The third kappa shape index (κ3) is 2.95. The molecular formula is C15H21NO. The number of ketones is 1. The number of piperidine rings is 1. The second-order valence-corrected chi connectivity index (χ2v) is 5.23. The Morgan fingerprint density at radius 2 is 1.88 bits per heavy atom. The van der Waals surface area contributed by atoms with Gasteiger partial charge >= 0.3 is 0 Å². The Morgan fingerprint density at radius 3 is 2.47 bits per heavy atom. The number of nitrogens with one attached hydrogen (secondary N) is 1. The predicted octanol–water partition coefficient (Wildman–Crippen LogP) is 2.48. The van der Waals surface area contributed by atoms with Crippen LogP contribution in [0.4, 0.5) is 0 Å². The molecule has 1 aromatic rings. The molecule has 2 nitrogen and oxygen atoms in total. The summed E-state index contributed by atoms with van der Waals surface area (Å²) in [5, 5.41) is 3.45. The fourth-order valence-corrected chi connectivity index (χ4v) is 2.79. The van der Waals surface area contributed by atoms with E-state index in [1.165, 1.54) is 22.3 Å². The van der Waals surface area contributed by atoms with Crippen LogP contribution in [0.25, 0.3) is 0 Å². The van der Waals surface area contributed by atoms with Crippen molar-refractivity contribution in [2.24, 2.45) is 0 Å². The molecule has 0 bridgehead atoms. The van der Waals surface area contributed by atoms with Gasteiger partial charge in [-0.1, -0.05) is 17.7 Å². The molecule has 17 heavy (non-hydrogen) atoms. The molecule has 0 radical (unpaired) electrons. The van der Waals surface area contributed by atoms with Crippen molar-refractivity contribution in [2.45, 2.75) is 46.1 Å². The van der Waals surface area contributed by atoms with Crippen LogP contribution in [-0.4, -0.2) is 18.4 Å². The van der Waals surface area contributed by atoms with Gasteiger partial charge in [-0.3, -0.25) is 4.79 Å². The standard InChI is InChI=1S/C15H21NO/c1-10-6-11(2)15(12(3)7-10)9-13-8-14(17)4-5-16-13/h6-7,13,16H,4-5,8-9H2,1-3H3. The van der Waals surface area contributed by atoms with Crippen LogP contribution in [0.15, 0.2) is 12.1 Å². The third-order valence-electron chi connectivity index (χ3n) is 3.60. The Kier molecular flexibility index (Phi) is 3.63. The van der Waals surface area contributed by atoms with Crippen LogP contribution < -0.4 is 5.32 Å². The fourth-order valence-electron chi connectivity index (χ4n) is 2.79. The SMILES string of the molecule is Cc1cc(C)c(CC2CC(=O)CCN2)c(C)c1. The molecule has 0 aromatic heterocycles. The van der Waals surface area contributed by atoms with Crippen molar-refractivity contribution in [1.29, 1.82) is 0 Å². The molecule has 1 heterocycles. The third-order valence-corrected chi connectivity index (χ3v) is 3.60. The molecule has 92 valence electrons. The second kappa shape index (κ2) is 5.01. The van der Waals surface area contributed by atoms with Crippen LogP contribution in [0.2, 0.25) is 0 Å². The average Bonchev–Trinajstić information content (AvgIpc) is 2.23. The molecule has 1 aliphatic heterocycles. The van der Waals surface area contributed by atoms with Crippen molar-refractivity contribution in [3.8, 4) is 0 Å². The summed E-state index contributed by atoms with van der Waals surface area (Å²) in [5.41, 5.74) is 5.42. The van der Waals surface area contributed by atoms with Gasteiger partial charge in [-0.2, -0.15) is 0 Å². The number of Topliss-reactive ketones (excluding diaryl/α,β-unsaturated/α-hetero) is 1. The summed E-state index contributed by atoms with van der Waals surface area (Å²) in [7, 11) is 0. The lowest BCUT2D eigenvalue weighted by Crippen LogP contribution is -2.39. The van der Waals surface area contributed by atoms with Crippen molar-refractivity contribution in [3.63, 3.8) is 0 Å². The van der Waals surface area contributed by atoms with Crippen LogP contribution in [0.5, 0.6) is 0 Å². The fraction of sp³-hybridized carbons (Fsp3) is 0.533. The van der Waals surface area contributed by atoms with Crippen molar-refractivity contribution in [2.75, 3.05) is 6.54 Å².